The minimum absolute atomic E-state index is 0.300. The number of carbonyl (C=O) groups excluding carboxylic acids is 1. The standard InChI is InChI=1S/C11H12FNO2/c12-7-8-2-1-3-9(6-8)13-5-4-10(14)11(13)15/h1-3,6,10,14H,4-5,7H2. The molecule has 80 valence electrons. The molecule has 1 aliphatic rings. The van der Waals surface area contributed by atoms with Crippen molar-refractivity contribution in [2.24, 2.45) is 0 Å². The van der Waals surface area contributed by atoms with Crippen molar-refractivity contribution >= 4 is 11.6 Å². The van der Waals surface area contributed by atoms with E-state index in [9.17, 15) is 14.3 Å². The molecule has 0 aromatic heterocycles. The molecule has 1 aromatic carbocycles. The molecular weight excluding hydrogens is 197 g/mol. The Labute approximate surface area is 87.1 Å². The van der Waals surface area contributed by atoms with Crippen molar-refractivity contribution < 1.29 is 14.3 Å². The first-order chi connectivity index (χ1) is 7.22. The lowest BCUT2D eigenvalue weighted by atomic mass is 10.2. The van der Waals surface area contributed by atoms with Gasteiger partial charge in [-0.2, -0.15) is 0 Å². The van der Waals surface area contributed by atoms with Gasteiger partial charge in [0.1, 0.15) is 12.8 Å². The molecule has 0 bridgehead atoms. The normalized spacial score (nSPS) is 21.1. The van der Waals surface area contributed by atoms with Crippen LogP contribution in [0.5, 0.6) is 0 Å². The summed E-state index contributed by atoms with van der Waals surface area (Å²) in [5, 5.41) is 9.29. The van der Waals surface area contributed by atoms with E-state index >= 15 is 0 Å². The summed E-state index contributed by atoms with van der Waals surface area (Å²) in [6.07, 6.45) is -0.461. The summed E-state index contributed by atoms with van der Waals surface area (Å²) in [5.74, 6) is -0.300. The Bertz CT molecular complexity index is 381. The van der Waals surface area contributed by atoms with Gasteiger partial charge in [-0.1, -0.05) is 12.1 Å². The fourth-order valence-corrected chi connectivity index (χ4v) is 1.73. The number of anilines is 1. The molecule has 0 spiro atoms. The number of halogens is 1. The average Bonchev–Trinajstić information content (AvgIpc) is 2.60. The monoisotopic (exact) mass is 209 g/mol. The number of aliphatic hydroxyl groups excluding tert-OH is 1. The Morgan fingerprint density at radius 2 is 2.33 bits per heavy atom. The van der Waals surface area contributed by atoms with Gasteiger partial charge in [0.25, 0.3) is 5.91 Å². The minimum Gasteiger partial charge on any atom is -0.383 e. The Balaban J connectivity index is 2.26. The number of amides is 1. The Hall–Kier alpha value is -1.42. The van der Waals surface area contributed by atoms with Crippen LogP contribution in [-0.4, -0.2) is 23.7 Å². The third-order valence-electron chi connectivity index (χ3n) is 2.55. The minimum atomic E-state index is -0.904. The van der Waals surface area contributed by atoms with Gasteiger partial charge in [0.05, 0.1) is 0 Å². The molecule has 0 aliphatic carbocycles. The van der Waals surface area contributed by atoms with Crippen molar-refractivity contribution in [3.8, 4) is 0 Å². The highest BCUT2D eigenvalue weighted by molar-refractivity contribution is 5.98. The molecule has 1 fully saturated rings. The highest BCUT2D eigenvalue weighted by Gasteiger charge is 2.30. The van der Waals surface area contributed by atoms with Crippen LogP contribution in [0.3, 0.4) is 0 Å². The van der Waals surface area contributed by atoms with E-state index in [-0.39, 0.29) is 5.91 Å². The SMILES string of the molecule is O=C1C(O)CCN1c1cccc(CF)c1. The van der Waals surface area contributed by atoms with Crippen LogP contribution in [0.2, 0.25) is 0 Å². The van der Waals surface area contributed by atoms with Gasteiger partial charge in [-0.15, -0.1) is 0 Å². The molecule has 15 heavy (non-hydrogen) atoms. The predicted octanol–water partition coefficient (Wildman–Crippen LogP) is 1.25. The number of hydrogen-bond acceptors (Lipinski definition) is 2. The quantitative estimate of drug-likeness (QED) is 0.796. The Kier molecular flexibility index (Phi) is 2.68. The second-order valence-electron chi connectivity index (χ2n) is 3.60. The summed E-state index contributed by atoms with van der Waals surface area (Å²) in [6, 6.07) is 6.76. The molecule has 1 aliphatic heterocycles. The van der Waals surface area contributed by atoms with E-state index in [0.717, 1.165) is 0 Å². The summed E-state index contributed by atoms with van der Waals surface area (Å²) < 4.78 is 12.4. The topological polar surface area (TPSA) is 40.5 Å². The molecule has 4 heteroatoms. The van der Waals surface area contributed by atoms with E-state index in [1.165, 1.54) is 4.90 Å². The summed E-state index contributed by atoms with van der Waals surface area (Å²) in [5.41, 5.74) is 1.20. The van der Waals surface area contributed by atoms with Crippen LogP contribution < -0.4 is 4.90 Å². The lowest BCUT2D eigenvalue weighted by molar-refractivity contribution is -0.123. The van der Waals surface area contributed by atoms with Gasteiger partial charge in [-0.3, -0.25) is 4.79 Å². The van der Waals surface area contributed by atoms with E-state index in [1.807, 2.05) is 0 Å². The van der Waals surface area contributed by atoms with Gasteiger partial charge < -0.3 is 10.0 Å². The van der Waals surface area contributed by atoms with Crippen molar-refractivity contribution in [2.45, 2.75) is 19.2 Å². The van der Waals surface area contributed by atoms with Gasteiger partial charge >= 0.3 is 0 Å². The Morgan fingerprint density at radius 3 is 2.93 bits per heavy atom. The molecule has 1 heterocycles. The van der Waals surface area contributed by atoms with Crippen molar-refractivity contribution in [1.29, 1.82) is 0 Å². The van der Waals surface area contributed by atoms with E-state index < -0.39 is 12.8 Å². The molecule has 1 atom stereocenters. The first kappa shape index (κ1) is 10.1. The van der Waals surface area contributed by atoms with Crippen LogP contribution in [0.4, 0.5) is 10.1 Å². The molecule has 2 rings (SSSR count). The fourth-order valence-electron chi connectivity index (χ4n) is 1.73. The molecule has 1 N–H and O–H groups in total. The molecular formula is C11H12FNO2. The number of nitrogens with zero attached hydrogens (tertiary/aromatic N) is 1. The summed E-state index contributed by atoms with van der Waals surface area (Å²) in [7, 11) is 0. The maximum atomic E-state index is 12.4. The first-order valence-corrected chi connectivity index (χ1v) is 4.86. The zero-order chi connectivity index (χ0) is 10.8. The zero-order valence-electron chi connectivity index (χ0n) is 8.19. The highest BCUT2D eigenvalue weighted by atomic mass is 19.1. The molecule has 1 saturated heterocycles. The number of benzene rings is 1. The molecule has 3 nitrogen and oxygen atoms in total. The van der Waals surface area contributed by atoms with Gasteiger partial charge in [0, 0.05) is 18.7 Å². The fraction of sp³-hybridized carbons (Fsp3) is 0.364. The van der Waals surface area contributed by atoms with Crippen LogP contribution in [0.15, 0.2) is 24.3 Å². The lowest BCUT2D eigenvalue weighted by Crippen LogP contribution is -2.29. The molecule has 1 amide bonds. The van der Waals surface area contributed by atoms with Gasteiger partial charge in [-0.05, 0) is 17.7 Å². The summed E-state index contributed by atoms with van der Waals surface area (Å²) in [4.78, 5) is 13.0. The first-order valence-electron chi connectivity index (χ1n) is 4.86. The zero-order valence-corrected chi connectivity index (χ0v) is 8.19. The third kappa shape index (κ3) is 1.85. The van der Waals surface area contributed by atoms with Crippen LogP contribution in [0.25, 0.3) is 0 Å². The van der Waals surface area contributed by atoms with Gasteiger partial charge in [-0.25, -0.2) is 4.39 Å². The van der Waals surface area contributed by atoms with Crippen LogP contribution in [-0.2, 0) is 11.5 Å². The second kappa shape index (κ2) is 3.98. The number of aliphatic hydroxyl groups is 1. The predicted molar refractivity (Wildman–Crippen MR) is 54.2 cm³/mol. The van der Waals surface area contributed by atoms with Gasteiger partial charge in [0.2, 0.25) is 0 Å². The second-order valence-corrected chi connectivity index (χ2v) is 3.60. The molecule has 1 unspecified atom stereocenters. The van der Waals surface area contributed by atoms with E-state index in [4.69, 9.17) is 0 Å². The van der Waals surface area contributed by atoms with E-state index in [0.29, 0.717) is 24.2 Å². The smallest absolute Gasteiger partial charge is 0.255 e. The van der Waals surface area contributed by atoms with Crippen molar-refractivity contribution in [3.63, 3.8) is 0 Å². The largest absolute Gasteiger partial charge is 0.383 e. The average molecular weight is 209 g/mol. The lowest BCUT2D eigenvalue weighted by Gasteiger charge is -2.16. The van der Waals surface area contributed by atoms with Crippen LogP contribution in [0.1, 0.15) is 12.0 Å². The molecule has 1 aromatic rings. The third-order valence-corrected chi connectivity index (χ3v) is 2.55. The Morgan fingerprint density at radius 1 is 1.53 bits per heavy atom. The molecule has 0 radical (unpaired) electrons. The number of rotatable bonds is 2. The number of hydrogen-bond donors (Lipinski definition) is 1. The van der Waals surface area contributed by atoms with E-state index in [2.05, 4.69) is 0 Å². The van der Waals surface area contributed by atoms with Gasteiger partial charge in [0.15, 0.2) is 0 Å². The summed E-state index contributed by atoms with van der Waals surface area (Å²) >= 11 is 0. The maximum absolute atomic E-state index is 12.4. The van der Waals surface area contributed by atoms with Crippen molar-refractivity contribution in [2.75, 3.05) is 11.4 Å². The van der Waals surface area contributed by atoms with Crippen LogP contribution in [0, 0.1) is 0 Å². The molecule has 0 saturated carbocycles. The van der Waals surface area contributed by atoms with Crippen molar-refractivity contribution in [1.82, 2.24) is 0 Å². The number of alkyl halides is 1. The summed E-state index contributed by atoms with van der Waals surface area (Å²) in [6.45, 7) is -0.0475. The van der Waals surface area contributed by atoms with Crippen LogP contribution >= 0.6 is 0 Å². The number of carbonyl (C=O) groups is 1. The maximum Gasteiger partial charge on any atom is 0.255 e. The highest BCUT2D eigenvalue weighted by Crippen LogP contribution is 2.22. The van der Waals surface area contributed by atoms with Crippen molar-refractivity contribution in [3.05, 3.63) is 29.8 Å². The van der Waals surface area contributed by atoms with E-state index in [1.54, 1.807) is 24.3 Å².